The van der Waals surface area contributed by atoms with Gasteiger partial charge in [-0.1, -0.05) is 0 Å². The molecule has 1 aromatic heterocycles. The van der Waals surface area contributed by atoms with Gasteiger partial charge in [-0.3, -0.25) is 4.79 Å². The summed E-state index contributed by atoms with van der Waals surface area (Å²) in [4.78, 5) is 19.6. The van der Waals surface area contributed by atoms with Crippen molar-refractivity contribution in [3.8, 4) is 0 Å². The molecule has 1 heterocycles. The van der Waals surface area contributed by atoms with Gasteiger partial charge in [0.15, 0.2) is 5.82 Å². The number of rotatable bonds is 4. The van der Waals surface area contributed by atoms with Gasteiger partial charge in [0.25, 0.3) is 5.91 Å². The Labute approximate surface area is 120 Å². The van der Waals surface area contributed by atoms with Crippen LogP contribution in [0, 0.1) is 0 Å². The van der Waals surface area contributed by atoms with E-state index in [9.17, 15) is 13.2 Å². The van der Waals surface area contributed by atoms with E-state index in [-0.39, 0.29) is 10.6 Å². The summed E-state index contributed by atoms with van der Waals surface area (Å²) < 4.78 is 22.2. The molecule has 10 heteroatoms. The number of anilines is 2. The molecule has 2 aromatic rings. The first-order valence-corrected chi connectivity index (χ1v) is 7.17. The molecule has 9 nitrogen and oxygen atoms in total. The Morgan fingerprint density at radius 2 is 1.76 bits per heavy atom. The van der Waals surface area contributed by atoms with Gasteiger partial charge in [0.05, 0.1) is 17.3 Å². The number of sulfonamides is 1. The standard InChI is InChI=1S/C11H12N6O3S/c12-17-10-6-14-9(5-15-10)11(18)16-7-1-3-8(4-2-7)21(13,19)20/h1-6H,12H2,(H,15,17)(H,16,18)(H2,13,19,20). The molecular weight excluding hydrogens is 296 g/mol. The van der Waals surface area contributed by atoms with E-state index in [2.05, 4.69) is 20.7 Å². The molecule has 0 aliphatic rings. The Kier molecular flexibility index (Phi) is 4.12. The van der Waals surface area contributed by atoms with E-state index in [0.29, 0.717) is 11.5 Å². The normalized spacial score (nSPS) is 11.0. The molecule has 0 unspecified atom stereocenters. The van der Waals surface area contributed by atoms with Gasteiger partial charge in [-0.2, -0.15) is 0 Å². The first-order chi connectivity index (χ1) is 9.90. The van der Waals surface area contributed by atoms with Crippen molar-refractivity contribution < 1.29 is 13.2 Å². The van der Waals surface area contributed by atoms with Crippen LogP contribution in [-0.4, -0.2) is 24.3 Å². The monoisotopic (exact) mass is 308 g/mol. The van der Waals surface area contributed by atoms with Crippen molar-refractivity contribution in [3.05, 3.63) is 42.4 Å². The van der Waals surface area contributed by atoms with Gasteiger partial charge >= 0.3 is 0 Å². The van der Waals surface area contributed by atoms with Crippen LogP contribution in [0.3, 0.4) is 0 Å². The van der Waals surface area contributed by atoms with Crippen molar-refractivity contribution in [2.24, 2.45) is 11.0 Å². The predicted octanol–water partition coefficient (Wildman–Crippen LogP) is -0.338. The molecule has 1 aromatic carbocycles. The van der Waals surface area contributed by atoms with E-state index in [4.69, 9.17) is 11.0 Å². The number of nitrogens with zero attached hydrogens (tertiary/aromatic N) is 2. The highest BCUT2D eigenvalue weighted by molar-refractivity contribution is 7.89. The van der Waals surface area contributed by atoms with Crippen LogP contribution in [0.15, 0.2) is 41.6 Å². The fraction of sp³-hybridized carbons (Fsp3) is 0. The molecule has 0 atom stereocenters. The van der Waals surface area contributed by atoms with E-state index in [1.807, 2.05) is 0 Å². The van der Waals surface area contributed by atoms with Crippen molar-refractivity contribution in [1.82, 2.24) is 9.97 Å². The number of aromatic nitrogens is 2. The average molecular weight is 308 g/mol. The molecule has 0 bridgehead atoms. The zero-order valence-electron chi connectivity index (χ0n) is 10.6. The number of carbonyl (C=O) groups excluding carboxylic acids is 1. The predicted molar refractivity (Wildman–Crippen MR) is 75.6 cm³/mol. The van der Waals surface area contributed by atoms with Crippen LogP contribution in [0.2, 0.25) is 0 Å². The van der Waals surface area contributed by atoms with E-state index >= 15 is 0 Å². The molecule has 0 aliphatic heterocycles. The molecular formula is C11H12N6O3S. The van der Waals surface area contributed by atoms with Crippen LogP contribution in [-0.2, 0) is 10.0 Å². The van der Waals surface area contributed by atoms with Gasteiger partial charge in [0.2, 0.25) is 10.0 Å². The number of carbonyl (C=O) groups is 1. The van der Waals surface area contributed by atoms with Gasteiger partial charge < -0.3 is 10.7 Å². The number of hydrogen-bond donors (Lipinski definition) is 4. The van der Waals surface area contributed by atoms with Crippen LogP contribution >= 0.6 is 0 Å². The van der Waals surface area contributed by atoms with E-state index in [0.717, 1.165) is 0 Å². The molecule has 1 amide bonds. The van der Waals surface area contributed by atoms with Crippen LogP contribution in [0.1, 0.15) is 10.5 Å². The lowest BCUT2D eigenvalue weighted by atomic mass is 10.3. The first kappa shape index (κ1) is 14.8. The zero-order valence-corrected chi connectivity index (χ0v) is 11.5. The molecule has 0 spiro atoms. The highest BCUT2D eigenvalue weighted by Crippen LogP contribution is 2.13. The third-order valence-corrected chi connectivity index (χ3v) is 3.40. The van der Waals surface area contributed by atoms with Gasteiger partial charge in [-0.25, -0.2) is 29.4 Å². The summed E-state index contributed by atoms with van der Waals surface area (Å²) in [5.41, 5.74) is 2.77. The van der Waals surface area contributed by atoms with Crippen molar-refractivity contribution in [2.45, 2.75) is 4.90 Å². The van der Waals surface area contributed by atoms with Crippen LogP contribution in [0.5, 0.6) is 0 Å². The Hall–Kier alpha value is -2.56. The van der Waals surface area contributed by atoms with Crippen molar-refractivity contribution in [2.75, 3.05) is 10.7 Å². The van der Waals surface area contributed by atoms with Gasteiger partial charge in [0, 0.05) is 5.69 Å². The zero-order chi connectivity index (χ0) is 15.5. The molecule has 0 radical (unpaired) electrons. The van der Waals surface area contributed by atoms with Crippen LogP contribution in [0.4, 0.5) is 11.5 Å². The highest BCUT2D eigenvalue weighted by atomic mass is 32.2. The Balaban J connectivity index is 2.12. The minimum atomic E-state index is -3.76. The number of nitrogen functional groups attached to an aromatic ring is 1. The fourth-order valence-electron chi connectivity index (χ4n) is 1.44. The lowest BCUT2D eigenvalue weighted by Crippen LogP contribution is -2.16. The number of primary sulfonamides is 1. The SMILES string of the molecule is NNc1cnc(C(=O)Nc2ccc(S(N)(=O)=O)cc2)cn1. The average Bonchev–Trinajstić information content (AvgIpc) is 2.47. The summed E-state index contributed by atoms with van der Waals surface area (Å²) >= 11 is 0. The molecule has 0 fully saturated rings. The van der Waals surface area contributed by atoms with E-state index in [1.165, 1.54) is 36.7 Å². The number of amides is 1. The summed E-state index contributed by atoms with van der Waals surface area (Å²) in [5.74, 6) is 4.97. The van der Waals surface area contributed by atoms with Gasteiger partial charge in [0.1, 0.15) is 5.69 Å². The summed E-state index contributed by atoms with van der Waals surface area (Å²) in [7, 11) is -3.76. The van der Waals surface area contributed by atoms with Crippen LogP contribution < -0.4 is 21.7 Å². The number of hydrazine groups is 1. The molecule has 2 rings (SSSR count). The van der Waals surface area contributed by atoms with Gasteiger partial charge in [-0.15, -0.1) is 0 Å². The van der Waals surface area contributed by atoms with Crippen molar-refractivity contribution in [3.63, 3.8) is 0 Å². The topological polar surface area (TPSA) is 153 Å². The molecule has 110 valence electrons. The largest absolute Gasteiger partial charge is 0.321 e. The number of benzene rings is 1. The molecule has 0 aliphatic carbocycles. The molecule has 21 heavy (non-hydrogen) atoms. The second-order valence-corrected chi connectivity index (χ2v) is 5.52. The summed E-state index contributed by atoms with van der Waals surface area (Å²) in [6.07, 6.45) is 2.56. The van der Waals surface area contributed by atoms with E-state index < -0.39 is 15.9 Å². The third-order valence-electron chi connectivity index (χ3n) is 2.47. The maximum absolute atomic E-state index is 11.9. The Bertz CT molecular complexity index is 743. The second kappa shape index (κ2) is 5.83. The molecule has 0 saturated heterocycles. The van der Waals surface area contributed by atoms with Crippen molar-refractivity contribution in [1.29, 1.82) is 0 Å². The first-order valence-electron chi connectivity index (χ1n) is 5.63. The van der Waals surface area contributed by atoms with Crippen LogP contribution in [0.25, 0.3) is 0 Å². The lowest BCUT2D eigenvalue weighted by molar-refractivity contribution is 0.102. The lowest BCUT2D eigenvalue weighted by Gasteiger charge is -2.06. The third kappa shape index (κ3) is 3.72. The summed E-state index contributed by atoms with van der Waals surface area (Å²) in [6, 6.07) is 5.41. The Morgan fingerprint density at radius 1 is 1.10 bits per heavy atom. The van der Waals surface area contributed by atoms with Crippen molar-refractivity contribution >= 4 is 27.4 Å². The minimum absolute atomic E-state index is 0.0429. The second-order valence-electron chi connectivity index (χ2n) is 3.95. The summed E-state index contributed by atoms with van der Waals surface area (Å²) in [6.45, 7) is 0. The minimum Gasteiger partial charge on any atom is -0.321 e. The van der Waals surface area contributed by atoms with Gasteiger partial charge in [-0.05, 0) is 24.3 Å². The number of nitrogens with one attached hydrogen (secondary N) is 2. The molecule has 6 N–H and O–H groups in total. The maximum Gasteiger partial charge on any atom is 0.275 e. The smallest absolute Gasteiger partial charge is 0.275 e. The fourth-order valence-corrected chi connectivity index (χ4v) is 1.96. The Morgan fingerprint density at radius 3 is 2.24 bits per heavy atom. The van der Waals surface area contributed by atoms with E-state index in [1.54, 1.807) is 0 Å². The summed E-state index contributed by atoms with van der Waals surface area (Å²) in [5, 5.41) is 7.52. The maximum atomic E-state index is 11.9. The highest BCUT2D eigenvalue weighted by Gasteiger charge is 2.10. The number of nitrogens with two attached hydrogens (primary N) is 2. The quantitative estimate of drug-likeness (QED) is 0.445. The number of hydrogen-bond acceptors (Lipinski definition) is 7. The molecule has 0 saturated carbocycles.